The van der Waals surface area contributed by atoms with Crippen molar-refractivity contribution < 1.29 is 19.4 Å². The highest BCUT2D eigenvalue weighted by Crippen LogP contribution is 2.29. The van der Waals surface area contributed by atoms with Gasteiger partial charge in [-0.15, -0.1) is 11.8 Å². The molecule has 0 radical (unpaired) electrons. The van der Waals surface area contributed by atoms with E-state index in [9.17, 15) is 9.59 Å². The molecule has 1 amide bonds. The number of hydrogen-bond donors (Lipinski definition) is 1. The lowest BCUT2D eigenvalue weighted by atomic mass is 10.2. The van der Waals surface area contributed by atoms with Gasteiger partial charge in [0.25, 0.3) is 5.91 Å². The second kappa shape index (κ2) is 6.89. The molecule has 2 atom stereocenters. The van der Waals surface area contributed by atoms with E-state index in [1.807, 2.05) is 0 Å². The molecule has 5 nitrogen and oxygen atoms in total. The van der Waals surface area contributed by atoms with Gasteiger partial charge in [-0.05, 0) is 41.1 Å². The number of nitrogens with zero attached hydrogens (tertiary/aromatic N) is 1. The molecule has 1 aliphatic heterocycles. The quantitative estimate of drug-likeness (QED) is 0.850. The molecule has 8 heteroatoms. The minimum Gasteiger partial charge on any atom is -0.480 e. The van der Waals surface area contributed by atoms with Crippen LogP contribution in [-0.2, 0) is 9.59 Å². The third kappa shape index (κ3) is 3.84. The van der Waals surface area contributed by atoms with Crippen LogP contribution in [0.25, 0.3) is 0 Å². The van der Waals surface area contributed by atoms with Crippen molar-refractivity contribution in [3.63, 3.8) is 0 Å². The number of carbonyl (C=O) groups is 2. The van der Waals surface area contributed by atoms with Crippen molar-refractivity contribution in [2.75, 3.05) is 11.6 Å². The van der Waals surface area contributed by atoms with Gasteiger partial charge >= 0.3 is 5.97 Å². The van der Waals surface area contributed by atoms with Gasteiger partial charge in [0.1, 0.15) is 11.8 Å². The van der Waals surface area contributed by atoms with Crippen molar-refractivity contribution in [2.24, 2.45) is 0 Å². The van der Waals surface area contributed by atoms with E-state index in [4.69, 9.17) is 21.4 Å². The molecule has 0 bridgehead atoms. The van der Waals surface area contributed by atoms with Crippen molar-refractivity contribution in [3.05, 3.63) is 27.7 Å². The Balaban J connectivity index is 2.07. The Kier molecular flexibility index (Phi) is 5.40. The fraction of sp³-hybridized carbons (Fsp3) is 0.385. The molecule has 114 valence electrons. The predicted octanol–water partition coefficient (Wildman–Crippen LogP) is 2.86. The normalized spacial score (nSPS) is 19.4. The van der Waals surface area contributed by atoms with E-state index in [0.717, 1.165) is 0 Å². The molecule has 1 fully saturated rings. The van der Waals surface area contributed by atoms with Crippen molar-refractivity contribution in [1.29, 1.82) is 0 Å². The summed E-state index contributed by atoms with van der Waals surface area (Å²) in [4.78, 5) is 24.8. The second-order valence-electron chi connectivity index (χ2n) is 4.50. The van der Waals surface area contributed by atoms with Crippen molar-refractivity contribution in [1.82, 2.24) is 4.90 Å². The summed E-state index contributed by atoms with van der Waals surface area (Å²) < 4.78 is 6.24. The van der Waals surface area contributed by atoms with E-state index in [1.165, 1.54) is 16.7 Å². The van der Waals surface area contributed by atoms with Crippen LogP contribution in [0.5, 0.6) is 5.75 Å². The monoisotopic (exact) mass is 393 g/mol. The highest BCUT2D eigenvalue weighted by molar-refractivity contribution is 9.10. The molecule has 0 saturated carbocycles. The molecule has 2 rings (SSSR count). The van der Waals surface area contributed by atoms with Crippen LogP contribution < -0.4 is 4.74 Å². The number of amides is 1. The van der Waals surface area contributed by atoms with E-state index in [1.54, 1.807) is 25.1 Å². The van der Waals surface area contributed by atoms with Crippen LogP contribution >= 0.6 is 39.3 Å². The van der Waals surface area contributed by atoms with Gasteiger partial charge in [-0.25, -0.2) is 4.79 Å². The van der Waals surface area contributed by atoms with Crippen molar-refractivity contribution in [3.8, 4) is 5.75 Å². The molecule has 1 heterocycles. The van der Waals surface area contributed by atoms with Gasteiger partial charge in [0.2, 0.25) is 0 Å². The van der Waals surface area contributed by atoms with Crippen molar-refractivity contribution >= 4 is 51.2 Å². The number of aliphatic carboxylic acids is 1. The molecule has 1 saturated heterocycles. The van der Waals surface area contributed by atoms with E-state index < -0.39 is 18.1 Å². The number of rotatable bonds is 4. The molecule has 1 aromatic carbocycles. The number of hydrogen-bond acceptors (Lipinski definition) is 4. The number of benzene rings is 1. The van der Waals surface area contributed by atoms with Crippen LogP contribution in [0.15, 0.2) is 22.7 Å². The molecule has 0 aromatic heterocycles. The summed E-state index contributed by atoms with van der Waals surface area (Å²) in [5.74, 6) is -0.0783. The van der Waals surface area contributed by atoms with Gasteiger partial charge in [-0.1, -0.05) is 11.6 Å². The van der Waals surface area contributed by atoms with Crippen LogP contribution in [0.4, 0.5) is 0 Å². The topological polar surface area (TPSA) is 66.8 Å². The summed E-state index contributed by atoms with van der Waals surface area (Å²) in [5, 5.41) is 9.66. The number of ether oxygens (including phenoxy) is 1. The van der Waals surface area contributed by atoms with E-state index in [2.05, 4.69) is 15.9 Å². The molecule has 1 N–H and O–H groups in total. The lowest BCUT2D eigenvalue weighted by Crippen LogP contribution is -2.47. The predicted molar refractivity (Wildman–Crippen MR) is 84.8 cm³/mol. The van der Waals surface area contributed by atoms with Crippen LogP contribution in [0, 0.1) is 0 Å². The third-order valence-electron chi connectivity index (χ3n) is 3.00. The number of carboxylic acids is 1. The maximum absolute atomic E-state index is 12.3. The Labute approximate surface area is 139 Å². The molecule has 2 unspecified atom stereocenters. The van der Waals surface area contributed by atoms with Crippen LogP contribution in [0.1, 0.15) is 6.92 Å². The van der Waals surface area contributed by atoms with Crippen LogP contribution in [0.2, 0.25) is 5.02 Å². The number of thioether (sulfide) groups is 1. The van der Waals surface area contributed by atoms with Gasteiger partial charge in [0, 0.05) is 10.8 Å². The fourth-order valence-electron chi connectivity index (χ4n) is 1.91. The first-order chi connectivity index (χ1) is 9.90. The summed E-state index contributed by atoms with van der Waals surface area (Å²) in [7, 11) is 0. The second-order valence-corrected chi connectivity index (χ2v) is 6.79. The zero-order chi connectivity index (χ0) is 15.6. The van der Waals surface area contributed by atoms with E-state index in [0.29, 0.717) is 26.9 Å². The first kappa shape index (κ1) is 16.5. The van der Waals surface area contributed by atoms with Crippen LogP contribution in [-0.4, -0.2) is 45.7 Å². The minimum atomic E-state index is -0.992. The Morgan fingerprint density at radius 3 is 2.90 bits per heavy atom. The van der Waals surface area contributed by atoms with E-state index >= 15 is 0 Å². The summed E-state index contributed by atoms with van der Waals surface area (Å²) >= 11 is 10.6. The Bertz CT molecular complexity index is 571. The minimum absolute atomic E-state index is 0.339. The van der Waals surface area contributed by atoms with Crippen LogP contribution in [0.3, 0.4) is 0 Å². The maximum Gasteiger partial charge on any atom is 0.327 e. The summed E-state index contributed by atoms with van der Waals surface area (Å²) in [6, 6.07) is 4.19. The highest BCUT2D eigenvalue weighted by Gasteiger charge is 2.37. The lowest BCUT2D eigenvalue weighted by Gasteiger charge is -2.24. The Morgan fingerprint density at radius 1 is 1.57 bits per heavy atom. The fourth-order valence-corrected chi connectivity index (χ4v) is 3.84. The zero-order valence-corrected chi connectivity index (χ0v) is 14.2. The van der Waals surface area contributed by atoms with Gasteiger partial charge in [-0.3, -0.25) is 4.79 Å². The van der Waals surface area contributed by atoms with Gasteiger partial charge in [0.15, 0.2) is 6.10 Å². The number of carboxylic acid groups (broad SMARTS) is 1. The average Bonchev–Trinajstić information content (AvgIpc) is 2.90. The zero-order valence-electron chi connectivity index (χ0n) is 11.1. The van der Waals surface area contributed by atoms with Gasteiger partial charge < -0.3 is 14.7 Å². The Morgan fingerprint density at radius 2 is 2.29 bits per heavy atom. The summed E-state index contributed by atoms with van der Waals surface area (Å²) in [6.07, 6.45) is -0.775. The number of halogens is 2. The average molecular weight is 395 g/mol. The lowest BCUT2D eigenvalue weighted by molar-refractivity contribution is -0.150. The SMILES string of the molecule is CC(Oc1ccc(Cl)cc1Br)C(=O)N1CSCC1C(=O)O. The molecule has 21 heavy (non-hydrogen) atoms. The van der Waals surface area contributed by atoms with Gasteiger partial charge in [0.05, 0.1) is 10.3 Å². The molecular weight excluding hydrogens is 382 g/mol. The summed E-state index contributed by atoms with van der Waals surface area (Å²) in [5.41, 5.74) is 0. The molecular formula is C13H13BrClNO4S. The van der Waals surface area contributed by atoms with Crippen molar-refractivity contribution in [2.45, 2.75) is 19.1 Å². The molecule has 1 aromatic rings. The first-order valence-corrected chi connectivity index (χ1v) is 8.45. The first-order valence-electron chi connectivity index (χ1n) is 6.13. The van der Waals surface area contributed by atoms with Gasteiger partial charge in [-0.2, -0.15) is 0 Å². The standard InChI is InChI=1S/C13H13BrClNO4S/c1-7(20-11-3-2-8(15)4-9(11)14)12(17)16-6-21-5-10(16)13(18)19/h2-4,7,10H,5-6H2,1H3,(H,18,19). The molecule has 0 aliphatic carbocycles. The molecule has 0 spiro atoms. The Hall–Kier alpha value is -0.920. The summed E-state index contributed by atoms with van der Waals surface area (Å²) in [6.45, 7) is 1.60. The maximum atomic E-state index is 12.3. The third-order valence-corrected chi connectivity index (χ3v) is 4.86. The number of carbonyl (C=O) groups excluding carboxylic acids is 1. The largest absolute Gasteiger partial charge is 0.480 e. The highest BCUT2D eigenvalue weighted by atomic mass is 79.9. The smallest absolute Gasteiger partial charge is 0.327 e. The van der Waals surface area contributed by atoms with E-state index in [-0.39, 0.29) is 5.91 Å². The molecule has 1 aliphatic rings.